The van der Waals surface area contributed by atoms with Crippen molar-refractivity contribution >= 4 is 12.6 Å². The Morgan fingerprint density at radius 3 is 1.27 bits per heavy atom. The molecule has 2 atom stereocenters. The summed E-state index contributed by atoms with van der Waals surface area (Å²) in [6, 6.07) is 0. The molecule has 0 saturated carbocycles. The lowest BCUT2D eigenvalue weighted by Crippen LogP contribution is -2.24. The molecule has 1 nitrogen and oxygen atoms in total. The number of hydrogen-bond donors (Lipinski definition) is 2. The fourth-order valence-electron chi connectivity index (χ4n) is 3.89. The van der Waals surface area contributed by atoms with E-state index in [0.717, 1.165) is 6.42 Å². The van der Waals surface area contributed by atoms with E-state index >= 15 is 0 Å². The van der Waals surface area contributed by atoms with E-state index in [1.165, 1.54) is 103 Å². The Balaban J connectivity index is 3.22. The minimum absolute atomic E-state index is 0.282. The molecule has 2 unspecified atom stereocenters. The van der Waals surface area contributed by atoms with Crippen LogP contribution in [0, 0.1) is 11.8 Å². The highest BCUT2D eigenvalue weighted by atomic mass is 32.1. The van der Waals surface area contributed by atoms with Crippen molar-refractivity contribution in [3.8, 4) is 0 Å². The maximum Gasteiger partial charge on any atom is 0.0472 e. The quantitative estimate of drug-likeness (QED) is 0.159. The first-order valence-electron chi connectivity index (χ1n) is 11.9. The summed E-state index contributed by atoms with van der Waals surface area (Å²) >= 11 is 4.71. The van der Waals surface area contributed by atoms with Crippen molar-refractivity contribution in [3.63, 3.8) is 0 Å². The molecule has 0 saturated heterocycles. The van der Waals surface area contributed by atoms with Gasteiger partial charge >= 0.3 is 0 Å². The summed E-state index contributed by atoms with van der Waals surface area (Å²) in [4.78, 5) is 0. The fourth-order valence-corrected chi connectivity index (χ4v) is 4.51. The summed E-state index contributed by atoms with van der Waals surface area (Å²) in [5.41, 5.74) is 0. The lowest BCUT2D eigenvalue weighted by Gasteiger charge is -2.24. The van der Waals surface area contributed by atoms with Crippen LogP contribution in [-0.2, 0) is 0 Å². The van der Waals surface area contributed by atoms with Crippen LogP contribution in [0.1, 0.15) is 130 Å². The van der Waals surface area contributed by atoms with E-state index in [4.69, 9.17) is 12.6 Å². The van der Waals surface area contributed by atoms with Gasteiger partial charge in [-0.05, 0) is 18.3 Å². The number of hydrogen-bond acceptors (Lipinski definition) is 2. The van der Waals surface area contributed by atoms with Gasteiger partial charge in [0.25, 0.3) is 0 Å². The summed E-state index contributed by atoms with van der Waals surface area (Å²) in [5.74, 6) is 0.887. The number of rotatable bonds is 20. The third-order valence-electron chi connectivity index (χ3n) is 5.91. The maximum atomic E-state index is 9.45. The molecule has 0 aromatic carbocycles. The molecule has 1 N–H and O–H groups in total. The Morgan fingerprint density at radius 2 is 0.962 bits per heavy atom. The van der Waals surface area contributed by atoms with Crippen LogP contribution in [0.5, 0.6) is 0 Å². The van der Waals surface area contributed by atoms with Crippen molar-refractivity contribution in [2.45, 2.75) is 135 Å². The smallest absolute Gasteiger partial charge is 0.0472 e. The van der Waals surface area contributed by atoms with Crippen LogP contribution in [0.25, 0.3) is 0 Å². The van der Waals surface area contributed by atoms with Gasteiger partial charge < -0.3 is 5.11 Å². The number of aliphatic hydroxyl groups is 1. The molecule has 0 bridgehead atoms. The van der Waals surface area contributed by atoms with Gasteiger partial charge in [0.15, 0.2) is 0 Å². The van der Waals surface area contributed by atoms with Crippen molar-refractivity contribution in [1.82, 2.24) is 0 Å². The van der Waals surface area contributed by atoms with Gasteiger partial charge in [-0.1, -0.05) is 124 Å². The molecule has 0 aromatic rings. The molecule has 0 aliphatic heterocycles. The van der Waals surface area contributed by atoms with Crippen LogP contribution < -0.4 is 0 Å². The largest absolute Gasteiger partial charge is 0.396 e. The zero-order valence-electron chi connectivity index (χ0n) is 18.4. The summed E-state index contributed by atoms with van der Waals surface area (Å²) in [6.45, 7) is 6.96. The Kier molecular flexibility index (Phi) is 20.3. The SMILES string of the molecule is CCCCCCCCCCCCCCCCCCC(S)C(CO)C(C)C. The van der Waals surface area contributed by atoms with Gasteiger partial charge in [0, 0.05) is 11.9 Å². The van der Waals surface area contributed by atoms with Crippen LogP contribution >= 0.6 is 12.6 Å². The fraction of sp³-hybridized carbons (Fsp3) is 1.00. The number of unbranched alkanes of at least 4 members (excludes halogenated alkanes) is 15. The molecule has 0 rings (SSSR count). The van der Waals surface area contributed by atoms with Gasteiger partial charge in [-0.3, -0.25) is 0 Å². The Bertz CT molecular complexity index is 267. The van der Waals surface area contributed by atoms with Gasteiger partial charge in [-0.15, -0.1) is 0 Å². The average molecular weight is 387 g/mol. The normalized spacial score (nSPS) is 14.1. The van der Waals surface area contributed by atoms with E-state index in [0.29, 0.717) is 17.1 Å². The van der Waals surface area contributed by atoms with E-state index < -0.39 is 0 Å². The average Bonchev–Trinajstić information content (AvgIpc) is 2.61. The highest BCUT2D eigenvalue weighted by Gasteiger charge is 2.20. The van der Waals surface area contributed by atoms with Crippen LogP contribution in [0.15, 0.2) is 0 Å². The lowest BCUT2D eigenvalue weighted by atomic mass is 9.90. The predicted octanol–water partition coefficient (Wildman–Crippen LogP) is 8.20. The van der Waals surface area contributed by atoms with Gasteiger partial charge in [0.1, 0.15) is 0 Å². The molecular formula is C24H50OS. The Labute approximate surface area is 171 Å². The van der Waals surface area contributed by atoms with Crippen molar-refractivity contribution in [2.24, 2.45) is 11.8 Å². The van der Waals surface area contributed by atoms with Crippen LogP contribution in [-0.4, -0.2) is 17.0 Å². The van der Waals surface area contributed by atoms with Crippen molar-refractivity contribution in [1.29, 1.82) is 0 Å². The first-order chi connectivity index (χ1) is 12.6. The summed E-state index contributed by atoms with van der Waals surface area (Å²) in [7, 11) is 0. The molecule has 0 amide bonds. The van der Waals surface area contributed by atoms with Crippen molar-refractivity contribution < 1.29 is 5.11 Å². The van der Waals surface area contributed by atoms with E-state index in [9.17, 15) is 5.11 Å². The highest BCUT2D eigenvalue weighted by Crippen LogP contribution is 2.24. The van der Waals surface area contributed by atoms with Crippen molar-refractivity contribution in [3.05, 3.63) is 0 Å². The third kappa shape index (κ3) is 16.5. The predicted molar refractivity (Wildman–Crippen MR) is 122 cm³/mol. The van der Waals surface area contributed by atoms with Gasteiger partial charge in [-0.25, -0.2) is 0 Å². The molecule has 26 heavy (non-hydrogen) atoms. The van der Waals surface area contributed by atoms with E-state index in [-0.39, 0.29) is 6.61 Å². The van der Waals surface area contributed by atoms with Crippen LogP contribution in [0.3, 0.4) is 0 Å². The number of aliphatic hydroxyl groups excluding tert-OH is 1. The minimum Gasteiger partial charge on any atom is -0.396 e. The van der Waals surface area contributed by atoms with Crippen molar-refractivity contribution in [2.75, 3.05) is 6.61 Å². The first-order valence-corrected chi connectivity index (χ1v) is 12.4. The molecule has 158 valence electrons. The molecular weight excluding hydrogens is 336 g/mol. The zero-order valence-corrected chi connectivity index (χ0v) is 19.2. The van der Waals surface area contributed by atoms with Crippen LogP contribution in [0.4, 0.5) is 0 Å². The summed E-state index contributed by atoms with van der Waals surface area (Å²) in [6.07, 6.45) is 23.8. The van der Waals surface area contributed by atoms with E-state index in [2.05, 4.69) is 20.8 Å². The highest BCUT2D eigenvalue weighted by molar-refractivity contribution is 7.81. The maximum absolute atomic E-state index is 9.45. The molecule has 0 radical (unpaired) electrons. The molecule has 0 heterocycles. The second-order valence-corrected chi connectivity index (χ2v) is 9.41. The molecule has 0 aliphatic carbocycles. The second-order valence-electron chi connectivity index (χ2n) is 8.75. The first kappa shape index (κ1) is 26.3. The van der Waals surface area contributed by atoms with Gasteiger partial charge in [-0.2, -0.15) is 12.6 Å². The zero-order chi connectivity index (χ0) is 19.5. The van der Waals surface area contributed by atoms with E-state index in [1.807, 2.05) is 0 Å². The summed E-state index contributed by atoms with van der Waals surface area (Å²) < 4.78 is 0. The Hall–Kier alpha value is 0.310. The van der Waals surface area contributed by atoms with Crippen LogP contribution in [0.2, 0.25) is 0 Å². The molecule has 0 aliphatic rings. The molecule has 0 aromatic heterocycles. The van der Waals surface area contributed by atoms with Gasteiger partial charge in [0.2, 0.25) is 0 Å². The summed E-state index contributed by atoms with van der Waals surface area (Å²) in [5, 5.41) is 9.82. The molecule has 2 heteroatoms. The topological polar surface area (TPSA) is 20.2 Å². The lowest BCUT2D eigenvalue weighted by molar-refractivity contribution is 0.183. The molecule has 0 fully saturated rings. The Morgan fingerprint density at radius 1 is 0.615 bits per heavy atom. The van der Waals surface area contributed by atoms with E-state index in [1.54, 1.807) is 0 Å². The standard InChI is InChI=1S/C24H50OS/c1-4-5-6-7-8-9-10-11-12-13-14-15-16-17-18-19-20-24(26)23(21-25)22(2)3/h22-26H,4-21H2,1-3H3. The van der Waals surface area contributed by atoms with Gasteiger partial charge in [0.05, 0.1) is 0 Å². The molecule has 0 spiro atoms. The third-order valence-corrected chi connectivity index (χ3v) is 6.56. The second kappa shape index (κ2) is 20.1. The number of thiol groups is 1. The monoisotopic (exact) mass is 386 g/mol. The minimum atomic E-state index is 0.282.